The van der Waals surface area contributed by atoms with Gasteiger partial charge in [-0.05, 0) is 201 Å². The quantitative estimate of drug-likeness (QED) is 0.0546. The van der Waals surface area contributed by atoms with Crippen molar-refractivity contribution in [3.05, 3.63) is 547 Å². The molecular weight excluding hydrogens is 1970 g/mol. The van der Waals surface area contributed by atoms with E-state index in [1.165, 1.54) is 74.8 Å². The van der Waals surface area contributed by atoms with Gasteiger partial charge in [-0.15, -0.1) is 0 Å². The molecule has 0 radical (unpaired) electrons. The third kappa shape index (κ3) is 26.7. The van der Waals surface area contributed by atoms with E-state index in [0.29, 0.717) is 45.8 Å². The molecule has 18 aromatic carbocycles. The van der Waals surface area contributed by atoms with Crippen LogP contribution in [0.5, 0.6) is 0 Å². The summed E-state index contributed by atoms with van der Waals surface area (Å²) >= 11 is 5.75. The van der Waals surface area contributed by atoms with E-state index in [-0.39, 0.29) is 54.8 Å². The topological polar surface area (TPSA) is 175 Å². The summed E-state index contributed by atoms with van der Waals surface area (Å²) in [6, 6.07) is 175. The Bertz CT molecular complexity index is 6780. The second-order valence-electron chi connectivity index (χ2n) is 34.9. The largest absolute Gasteiger partial charge is 0.494 e. The number of nitrogens with one attached hydrogen (secondary N) is 4. The normalized spacial score (nSPS) is 12.7. The number of halogens is 1. The number of fused-ring (bicyclic) bond motifs is 4. The molecule has 23 rings (SSSR count). The molecule has 0 aliphatic carbocycles. The molecule has 0 bridgehead atoms. The molecule has 14 nitrogen and oxygen atoms in total. The number of aromatic nitrogens is 4. The van der Waals surface area contributed by atoms with Crippen LogP contribution in [-0.4, -0.2) is 63.9 Å². The Morgan fingerprint density at radius 2 is 0.524 bits per heavy atom. The summed E-state index contributed by atoms with van der Waals surface area (Å²) in [6.07, 6.45) is 1.76. The van der Waals surface area contributed by atoms with Gasteiger partial charge in [0.05, 0.1) is 27.7 Å². The van der Waals surface area contributed by atoms with Crippen LogP contribution >= 0.6 is 43.3 Å². The number of para-hydroxylation sites is 2. The van der Waals surface area contributed by atoms with Crippen molar-refractivity contribution < 1.29 is 39.3 Å². The van der Waals surface area contributed by atoms with Gasteiger partial charge in [0.1, 0.15) is 0 Å². The van der Waals surface area contributed by atoms with Crippen molar-refractivity contribution in [2.75, 3.05) is 33.5 Å². The number of carbonyl (C=O) groups is 2. The number of aromatic amines is 2. The van der Waals surface area contributed by atoms with Crippen LogP contribution in [0.1, 0.15) is 38.8 Å². The summed E-state index contributed by atoms with van der Waals surface area (Å²) in [5.74, 6) is 0. The third-order valence-electron chi connectivity index (χ3n) is 24.9. The van der Waals surface area contributed by atoms with E-state index >= 15 is 0 Å². The van der Waals surface area contributed by atoms with Crippen LogP contribution in [0.3, 0.4) is 0 Å². The van der Waals surface area contributed by atoms with E-state index in [1.54, 1.807) is 34.1 Å². The fourth-order valence-corrected chi connectivity index (χ4v) is 26.5. The number of H-pyrrole nitrogens is 2. The van der Waals surface area contributed by atoms with Crippen molar-refractivity contribution in [2.24, 2.45) is 0 Å². The molecular formula is C124H108BClN8O6P4Pd. The molecule has 5 heterocycles. The Balaban J connectivity index is 0.000000123. The summed E-state index contributed by atoms with van der Waals surface area (Å²) in [4.78, 5) is 52.1. The molecule has 2 aromatic heterocycles. The molecule has 0 unspecified atom stereocenters. The number of benzene rings is 18. The average molecular weight is 2080 g/mol. The van der Waals surface area contributed by atoms with Crippen molar-refractivity contribution in [1.29, 1.82) is 0 Å². The molecule has 0 atom stereocenters. The van der Waals surface area contributed by atoms with E-state index in [4.69, 9.17) is 20.9 Å². The zero-order chi connectivity index (χ0) is 99.2. The number of rotatable bonds is 16. The van der Waals surface area contributed by atoms with Crippen molar-refractivity contribution in [1.82, 2.24) is 20.4 Å². The number of urea groups is 2. The second kappa shape index (κ2) is 51.1. The maximum absolute atomic E-state index is 12.7. The van der Waals surface area contributed by atoms with Crippen molar-refractivity contribution in [2.45, 2.75) is 51.7 Å². The smallest absolute Gasteiger partial charge is 0.399 e. The third-order valence-corrected chi connectivity index (χ3v) is 34.9. The molecule has 3 aliphatic heterocycles. The van der Waals surface area contributed by atoms with E-state index < -0.39 is 38.8 Å². The van der Waals surface area contributed by atoms with Gasteiger partial charge >= 0.3 is 19.2 Å². The van der Waals surface area contributed by atoms with Gasteiger partial charge in [-0.3, -0.25) is 19.4 Å². The maximum Gasteiger partial charge on any atom is 0.494 e. The Kier molecular flexibility index (Phi) is 36.4. The number of carbonyl (C=O) groups excluding carboxylic acids is 2. The van der Waals surface area contributed by atoms with Gasteiger partial charge in [-0.2, -0.15) is 10.2 Å². The molecule has 145 heavy (non-hydrogen) atoms. The summed E-state index contributed by atoms with van der Waals surface area (Å²) < 4.78 is 12.1. The Hall–Kier alpha value is -14.6. The molecule has 0 spiro atoms. The van der Waals surface area contributed by atoms with Crippen molar-refractivity contribution >= 4 is 176 Å². The summed E-state index contributed by atoms with van der Waals surface area (Å²) in [6.45, 7) is 9.53. The van der Waals surface area contributed by atoms with E-state index in [1.807, 2.05) is 137 Å². The Morgan fingerprint density at radius 3 is 0.800 bits per heavy atom. The average Bonchev–Trinajstić information content (AvgIpc) is 1.61. The van der Waals surface area contributed by atoms with E-state index in [2.05, 4.69) is 407 Å². The van der Waals surface area contributed by atoms with Crippen LogP contribution in [0.4, 0.5) is 32.3 Å². The molecule has 720 valence electrons. The van der Waals surface area contributed by atoms with Gasteiger partial charge < -0.3 is 19.9 Å². The van der Waals surface area contributed by atoms with Crippen LogP contribution in [-0.2, 0) is 42.6 Å². The van der Waals surface area contributed by atoms with Gasteiger partial charge in [0.25, 0.3) is 11.1 Å². The predicted molar refractivity (Wildman–Crippen MR) is 611 cm³/mol. The second-order valence-corrected chi connectivity index (χ2v) is 44.2. The molecule has 21 heteroatoms. The standard InChI is InChI=1S/C23H18N4O2.C21H25BN2O3.4C18H15P.C8H5ClN2O.Pd/c28-22-19-7-3-2-6-18(19)21(25-26-22)16-9-11-17(12-10-16)24-23(29)27-14-13-15-5-1-4-8-20(15)27;1-20(2)21(3,4)27-22(26-20)16-9-11-17(12-10-16)23-19(25)24-14-13-15-7-5-6-8-18(15)24;4*1-4-10-16(11-5-1)19(17-12-6-2-7-13-17)18-14-8-3-9-15-18;9-7-5-3-1-2-4-6(5)8(12)11-10-7;/h1-12H,13-14H2,(H,24,29)(H,26,28);5-12H,13-14H2,1-4H3,(H,23,25);4*1-15H;1-4H,(H,11,12);. The fraction of sp³-hybridized carbons (Fsp3) is 0.0806. The van der Waals surface area contributed by atoms with Gasteiger partial charge in [0, 0.05) is 72.6 Å². The zero-order valence-electron chi connectivity index (χ0n) is 80.6. The number of amides is 4. The van der Waals surface area contributed by atoms with Gasteiger partial charge in [0.15, 0.2) is 5.15 Å². The fourth-order valence-electron chi connectivity index (χ4n) is 17.0. The van der Waals surface area contributed by atoms with Crippen LogP contribution in [0, 0.1) is 0 Å². The van der Waals surface area contributed by atoms with Crippen LogP contribution in [0.15, 0.2) is 519 Å². The maximum atomic E-state index is 12.7. The van der Waals surface area contributed by atoms with Crippen LogP contribution in [0.2, 0.25) is 5.15 Å². The summed E-state index contributed by atoms with van der Waals surface area (Å²) in [7, 11) is -2.18. The monoisotopic (exact) mass is 2080 g/mol. The minimum absolute atomic E-state index is 0. The molecule has 3 aliphatic rings. The minimum Gasteiger partial charge on any atom is -0.399 e. The first kappa shape index (κ1) is 103. The SMILES string of the molecule is CC1(C)OB(c2ccc(NC(=O)N3CCc4ccccc43)cc2)OC1(C)C.O=C(Nc1ccc(-c2n[nH]c(=O)c3ccccc23)cc1)N1CCc2ccccc21.O=c1[nH]nc(Cl)c2ccccc12.[Pd].c1ccc(P(c2ccccc2)c2ccccc2)cc1.c1ccc(P(c2ccccc2)c2ccccc2)cc1.c1ccc(P(c2ccccc2)c2ccccc2)cc1.c1ccc(P(c2ccccc2)c2ccccc2)cc1. The molecule has 1 fully saturated rings. The number of hydrogen-bond acceptors (Lipinski definition) is 8. The summed E-state index contributed by atoms with van der Waals surface area (Å²) in [5.41, 5.74) is 7.16. The number of nitrogens with zero attached hydrogens (tertiary/aromatic N) is 4. The van der Waals surface area contributed by atoms with Crippen molar-refractivity contribution in [3.63, 3.8) is 0 Å². The van der Waals surface area contributed by atoms with E-state index in [0.717, 1.165) is 46.3 Å². The first-order chi connectivity index (χ1) is 70.6. The van der Waals surface area contributed by atoms with Crippen molar-refractivity contribution in [3.8, 4) is 11.3 Å². The van der Waals surface area contributed by atoms with Gasteiger partial charge in [-0.25, -0.2) is 19.8 Å². The minimum atomic E-state index is -0.446. The Labute approximate surface area is 871 Å². The van der Waals surface area contributed by atoms with Gasteiger partial charge in [-0.1, -0.05) is 473 Å². The first-order valence-corrected chi connectivity index (χ1v) is 53.6. The molecule has 4 N–H and O–H groups in total. The Morgan fingerprint density at radius 1 is 0.297 bits per heavy atom. The number of hydrogen-bond donors (Lipinski definition) is 4. The summed E-state index contributed by atoms with van der Waals surface area (Å²) in [5, 5.41) is 38.4. The predicted octanol–water partition coefficient (Wildman–Crippen LogP) is 23.1. The zero-order valence-corrected chi connectivity index (χ0v) is 86.5. The van der Waals surface area contributed by atoms with Crippen LogP contribution < -0.4 is 101 Å². The molecule has 0 saturated carbocycles. The van der Waals surface area contributed by atoms with E-state index in [9.17, 15) is 19.2 Å². The van der Waals surface area contributed by atoms with Gasteiger partial charge in [0.2, 0.25) is 0 Å². The molecule has 4 amide bonds. The van der Waals surface area contributed by atoms with Crippen LogP contribution in [0.25, 0.3) is 32.8 Å². The molecule has 20 aromatic rings. The number of anilines is 4. The first-order valence-electron chi connectivity index (χ1n) is 47.9. The molecule has 1 saturated heterocycles.